The van der Waals surface area contributed by atoms with E-state index in [4.69, 9.17) is 9.84 Å². The Balaban J connectivity index is 1.49. The Bertz CT molecular complexity index is 406. The second kappa shape index (κ2) is 6.72. The monoisotopic (exact) mass is 277 g/mol. The molecule has 20 heavy (non-hydrogen) atoms. The van der Waals surface area contributed by atoms with Gasteiger partial charge in [0.2, 0.25) is 0 Å². The summed E-state index contributed by atoms with van der Waals surface area (Å²) in [4.78, 5) is 0. The molecule has 0 aromatic carbocycles. The molecule has 1 N–H and O–H groups in total. The van der Waals surface area contributed by atoms with Crippen LogP contribution in [0.5, 0.6) is 0 Å². The van der Waals surface area contributed by atoms with Gasteiger partial charge >= 0.3 is 0 Å². The van der Waals surface area contributed by atoms with Gasteiger partial charge in [-0.25, -0.2) is 0 Å². The van der Waals surface area contributed by atoms with Crippen molar-refractivity contribution in [3.05, 3.63) is 18.0 Å². The average molecular weight is 277 g/mol. The van der Waals surface area contributed by atoms with Crippen molar-refractivity contribution in [2.45, 2.75) is 64.1 Å². The van der Waals surface area contributed by atoms with Crippen LogP contribution in [0.25, 0.3) is 0 Å². The highest BCUT2D eigenvalue weighted by Gasteiger charge is 2.22. The maximum absolute atomic E-state index is 5.45. The Morgan fingerprint density at radius 2 is 2.20 bits per heavy atom. The van der Waals surface area contributed by atoms with E-state index in [0.717, 1.165) is 19.8 Å². The molecule has 1 saturated heterocycles. The SMILES string of the molecule is CC(NCc1ccn(C2CCCCC2)n1)C1CCOC1. The van der Waals surface area contributed by atoms with Crippen molar-refractivity contribution in [3.63, 3.8) is 0 Å². The van der Waals surface area contributed by atoms with E-state index >= 15 is 0 Å². The Kier molecular flexibility index (Phi) is 4.73. The van der Waals surface area contributed by atoms with Gasteiger partial charge < -0.3 is 10.1 Å². The smallest absolute Gasteiger partial charge is 0.0762 e. The molecule has 112 valence electrons. The van der Waals surface area contributed by atoms with Gasteiger partial charge in [-0.3, -0.25) is 4.68 Å². The summed E-state index contributed by atoms with van der Waals surface area (Å²) in [5.41, 5.74) is 1.17. The van der Waals surface area contributed by atoms with E-state index in [-0.39, 0.29) is 0 Å². The van der Waals surface area contributed by atoms with Gasteiger partial charge in [-0.2, -0.15) is 5.10 Å². The molecule has 4 nitrogen and oxygen atoms in total. The second-order valence-electron chi connectivity index (χ2n) is 6.37. The summed E-state index contributed by atoms with van der Waals surface area (Å²) >= 11 is 0. The number of ether oxygens (including phenoxy) is 1. The molecule has 0 spiro atoms. The minimum atomic E-state index is 0.511. The fourth-order valence-electron chi connectivity index (χ4n) is 3.40. The topological polar surface area (TPSA) is 39.1 Å². The van der Waals surface area contributed by atoms with Gasteiger partial charge in [0.05, 0.1) is 18.3 Å². The van der Waals surface area contributed by atoms with Crippen molar-refractivity contribution in [1.82, 2.24) is 15.1 Å². The summed E-state index contributed by atoms with van der Waals surface area (Å²) in [5, 5.41) is 8.36. The van der Waals surface area contributed by atoms with Gasteiger partial charge in [-0.05, 0) is 38.2 Å². The lowest BCUT2D eigenvalue weighted by Gasteiger charge is -2.22. The molecule has 0 bridgehead atoms. The van der Waals surface area contributed by atoms with Crippen molar-refractivity contribution in [1.29, 1.82) is 0 Å². The van der Waals surface area contributed by atoms with Crippen LogP contribution >= 0.6 is 0 Å². The summed E-state index contributed by atoms with van der Waals surface area (Å²) in [6, 6.07) is 3.31. The molecule has 2 heterocycles. The third kappa shape index (κ3) is 3.41. The van der Waals surface area contributed by atoms with E-state index in [1.807, 2.05) is 0 Å². The molecule has 1 saturated carbocycles. The van der Waals surface area contributed by atoms with Crippen molar-refractivity contribution in [2.75, 3.05) is 13.2 Å². The van der Waals surface area contributed by atoms with Gasteiger partial charge in [0, 0.05) is 25.4 Å². The van der Waals surface area contributed by atoms with Crippen LogP contribution in [0, 0.1) is 5.92 Å². The Morgan fingerprint density at radius 1 is 1.35 bits per heavy atom. The summed E-state index contributed by atoms with van der Waals surface area (Å²) in [7, 11) is 0. The first-order valence-corrected chi connectivity index (χ1v) is 8.18. The minimum absolute atomic E-state index is 0.511. The van der Waals surface area contributed by atoms with E-state index < -0.39 is 0 Å². The highest BCUT2D eigenvalue weighted by Crippen LogP contribution is 2.27. The molecule has 0 amide bonds. The number of aromatic nitrogens is 2. The number of rotatable bonds is 5. The minimum Gasteiger partial charge on any atom is -0.381 e. The van der Waals surface area contributed by atoms with E-state index in [2.05, 4.69) is 29.2 Å². The van der Waals surface area contributed by atoms with Crippen LogP contribution in [-0.2, 0) is 11.3 Å². The van der Waals surface area contributed by atoms with Gasteiger partial charge in [0.25, 0.3) is 0 Å². The van der Waals surface area contributed by atoms with Gasteiger partial charge in [0.1, 0.15) is 0 Å². The third-order valence-corrected chi connectivity index (χ3v) is 4.89. The lowest BCUT2D eigenvalue weighted by molar-refractivity contribution is 0.178. The van der Waals surface area contributed by atoms with Crippen LogP contribution in [0.15, 0.2) is 12.3 Å². The molecule has 1 aromatic heterocycles. The first kappa shape index (κ1) is 14.1. The van der Waals surface area contributed by atoms with E-state index in [9.17, 15) is 0 Å². The summed E-state index contributed by atoms with van der Waals surface area (Å²) in [5.74, 6) is 0.662. The van der Waals surface area contributed by atoms with E-state index in [1.54, 1.807) is 0 Å². The van der Waals surface area contributed by atoms with Crippen LogP contribution in [0.1, 0.15) is 57.2 Å². The molecular weight excluding hydrogens is 250 g/mol. The Morgan fingerprint density at radius 3 is 2.95 bits per heavy atom. The average Bonchev–Trinajstić information content (AvgIpc) is 3.17. The standard InChI is InChI=1S/C16H27N3O/c1-13(14-8-10-20-12-14)17-11-15-7-9-19(18-15)16-5-3-2-4-6-16/h7,9,13-14,16-17H,2-6,8,10-12H2,1H3. The van der Waals surface area contributed by atoms with Crippen LogP contribution < -0.4 is 5.32 Å². The zero-order valence-corrected chi connectivity index (χ0v) is 12.6. The molecule has 3 rings (SSSR count). The molecule has 1 aliphatic heterocycles. The molecule has 2 atom stereocenters. The normalized spacial score (nSPS) is 25.9. The maximum Gasteiger partial charge on any atom is 0.0762 e. The molecule has 2 fully saturated rings. The zero-order valence-electron chi connectivity index (χ0n) is 12.6. The number of nitrogens with one attached hydrogen (secondary N) is 1. The fourth-order valence-corrected chi connectivity index (χ4v) is 3.40. The number of nitrogens with zero attached hydrogens (tertiary/aromatic N) is 2. The third-order valence-electron chi connectivity index (χ3n) is 4.89. The predicted molar refractivity (Wildman–Crippen MR) is 79.6 cm³/mol. The largest absolute Gasteiger partial charge is 0.381 e. The van der Waals surface area contributed by atoms with Gasteiger partial charge in [-0.1, -0.05) is 19.3 Å². The second-order valence-corrected chi connectivity index (χ2v) is 6.37. The first-order chi connectivity index (χ1) is 9.83. The van der Waals surface area contributed by atoms with Crippen LogP contribution in [0.4, 0.5) is 0 Å². The van der Waals surface area contributed by atoms with Gasteiger partial charge in [-0.15, -0.1) is 0 Å². The lowest BCUT2D eigenvalue weighted by Crippen LogP contribution is -2.33. The Labute approximate surface area is 121 Å². The molecule has 2 aliphatic rings. The number of hydrogen-bond acceptors (Lipinski definition) is 3. The van der Waals surface area contributed by atoms with E-state index in [1.165, 1.54) is 44.2 Å². The van der Waals surface area contributed by atoms with E-state index in [0.29, 0.717) is 18.0 Å². The highest BCUT2D eigenvalue weighted by molar-refractivity contribution is 5.00. The van der Waals surface area contributed by atoms with Crippen molar-refractivity contribution >= 4 is 0 Å². The lowest BCUT2D eigenvalue weighted by atomic mass is 9.96. The predicted octanol–water partition coefficient (Wildman–Crippen LogP) is 2.90. The summed E-state index contributed by atoms with van der Waals surface area (Å²) < 4.78 is 7.65. The molecule has 0 radical (unpaired) electrons. The summed E-state index contributed by atoms with van der Waals surface area (Å²) in [6.45, 7) is 4.96. The quantitative estimate of drug-likeness (QED) is 0.899. The van der Waals surface area contributed by atoms with Crippen molar-refractivity contribution in [2.24, 2.45) is 5.92 Å². The number of hydrogen-bond donors (Lipinski definition) is 1. The van der Waals surface area contributed by atoms with Crippen LogP contribution in [-0.4, -0.2) is 29.0 Å². The Hall–Kier alpha value is -0.870. The van der Waals surface area contributed by atoms with Crippen molar-refractivity contribution in [3.8, 4) is 0 Å². The van der Waals surface area contributed by atoms with Crippen LogP contribution in [0.2, 0.25) is 0 Å². The first-order valence-electron chi connectivity index (χ1n) is 8.18. The molecule has 1 aromatic rings. The molecule has 2 unspecified atom stereocenters. The molecular formula is C16H27N3O. The van der Waals surface area contributed by atoms with Crippen LogP contribution in [0.3, 0.4) is 0 Å². The highest BCUT2D eigenvalue weighted by atomic mass is 16.5. The van der Waals surface area contributed by atoms with Crippen molar-refractivity contribution < 1.29 is 4.74 Å². The summed E-state index contributed by atoms with van der Waals surface area (Å²) in [6.07, 6.45) is 10.1. The molecule has 4 heteroatoms. The maximum atomic E-state index is 5.45. The molecule has 1 aliphatic carbocycles. The fraction of sp³-hybridized carbons (Fsp3) is 0.812. The zero-order chi connectivity index (χ0) is 13.8. The van der Waals surface area contributed by atoms with Gasteiger partial charge in [0.15, 0.2) is 0 Å².